The van der Waals surface area contributed by atoms with Crippen LogP contribution in [0.5, 0.6) is 5.75 Å². The Balaban J connectivity index is 2.25. The Hall–Kier alpha value is -1.55. The number of benzene rings is 1. The molecule has 0 fully saturated rings. The van der Waals surface area contributed by atoms with Gasteiger partial charge in [-0.1, -0.05) is 25.1 Å². The quantitative estimate of drug-likeness (QED) is 0.646. The molecule has 0 bridgehead atoms. The molecule has 0 saturated heterocycles. The molecule has 4 heteroatoms. The van der Waals surface area contributed by atoms with E-state index in [1.165, 1.54) is 0 Å². The van der Waals surface area contributed by atoms with E-state index >= 15 is 0 Å². The van der Waals surface area contributed by atoms with Crippen LogP contribution >= 0.6 is 0 Å². The molecule has 4 nitrogen and oxygen atoms in total. The summed E-state index contributed by atoms with van der Waals surface area (Å²) in [6, 6.07) is 9.66. The molecule has 20 heavy (non-hydrogen) atoms. The SMILES string of the molecule is CCCNC(C)(CCCCOc1ccccc1)C(=O)O. The zero-order valence-electron chi connectivity index (χ0n) is 12.4. The normalized spacial score (nSPS) is 13.7. The van der Waals surface area contributed by atoms with Gasteiger partial charge in [-0.15, -0.1) is 0 Å². The summed E-state index contributed by atoms with van der Waals surface area (Å²) in [4.78, 5) is 11.3. The standard InChI is InChI=1S/C16H25NO3/c1-3-12-17-16(2,15(18)19)11-7-8-13-20-14-9-5-4-6-10-14/h4-6,9-10,17H,3,7-8,11-13H2,1-2H3,(H,18,19). The molecule has 1 aromatic carbocycles. The molecule has 0 spiro atoms. The lowest BCUT2D eigenvalue weighted by Crippen LogP contribution is -2.49. The highest BCUT2D eigenvalue weighted by Crippen LogP contribution is 2.15. The van der Waals surface area contributed by atoms with Crippen molar-refractivity contribution in [2.75, 3.05) is 13.2 Å². The van der Waals surface area contributed by atoms with Crippen LogP contribution in [-0.4, -0.2) is 29.8 Å². The Bertz CT molecular complexity index is 394. The van der Waals surface area contributed by atoms with Crippen LogP contribution in [0.25, 0.3) is 0 Å². The second-order valence-electron chi connectivity index (χ2n) is 5.18. The van der Waals surface area contributed by atoms with Gasteiger partial charge >= 0.3 is 5.97 Å². The molecule has 112 valence electrons. The molecule has 1 unspecified atom stereocenters. The molecule has 1 aromatic rings. The van der Waals surface area contributed by atoms with Crippen molar-refractivity contribution < 1.29 is 14.6 Å². The minimum Gasteiger partial charge on any atom is -0.494 e. The molecular weight excluding hydrogens is 254 g/mol. The van der Waals surface area contributed by atoms with Crippen molar-refractivity contribution in [1.82, 2.24) is 5.32 Å². The number of ether oxygens (including phenoxy) is 1. The van der Waals surface area contributed by atoms with Crippen LogP contribution in [0.1, 0.15) is 39.5 Å². The molecule has 0 heterocycles. The number of carboxylic acids is 1. The van der Waals surface area contributed by atoms with E-state index in [0.29, 0.717) is 13.0 Å². The summed E-state index contributed by atoms with van der Waals surface area (Å²) in [6.07, 6.45) is 3.22. The van der Waals surface area contributed by atoms with Crippen LogP contribution < -0.4 is 10.1 Å². The Morgan fingerprint density at radius 3 is 2.60 bits per heavy atom. The lowest BCUT2D eigenvalue weighted by atomic mass is 9.95. The van der Waals surface area contributed by atoms with Crippen molar-refractivity contribution in [3.05, 3.63) is 30.3 Å². The molecular formula is C16H25NO3. The maximum Gasteiger partial charge on any atom is 0.323 e. The van der Waals surface area contributed by atoms with Gasteiger partial charge in [0.2, 0.25) is 0 Å². The van der Waals surface area contributed by atoms with Gasteiger partial charge < -0.3 is 15.2 Å². The van der Waals surface area contributed by atoms with Crippen LogP contribution in [0.2, 0.25) is 0 Å². The molecule has 0 amide bonds. The topological polar surface area (TPSA) is 58.6 Å². The van der Waals surface area contributed by atoms with Gasteiger partial charge in [0, 0.05) is 0 Å². The van der Waals surface area contributed by atoms with Gasteiger partial charge in [-0.2, -0.15) is 0 Å². The van der Waals surface area contributed by atoms with E-state index in [1.807, 2.05) is 37.3 Å². The van der Waals surface area contributed by atoms with Crippen molar-refractivity contribution in [3.8, 4) is 5.75 Å². The van der Waals surface area contributed by atoms with E-state index < -0.39 is 11.5 Å². The minimum absolute atomic E-state index is 0.612. The van der Waals surface area contributed by atoms with E-state index in [9.17, 15) is 9.90 Å². The van der Waals surface area contributed by atoms with Gasteiger partial charge in [-0.3, -0.25) is 4.79 Å². The van der Waals surface area contributed by atoms with E-state index in [-0.39, 0.29) is 0 Å². The van der Waals surface area contributed by atoms with Gasteiger partial charge in [0.15, 0.2) is 0 Å². The number of carboxylic acid groups (broad SMARTS) is 1. The number of rotatable bonds is 10. The largest absolute Gasteiger partial charge is 0.494 e. The van der Waals surface area contributed by atoms with E-state index in [1.54, 1.807) is 6.92 Å². The lowest BCUT2D eigenvalue weighted by Gasteiger charge is -2.26. The molecule has 0 radical (unpaired) electrons. The predicted octanol–water partition coefficient (Wildman–Crippen LogP) is 3.08. The summed E-state index contributed by atoms with van der Waals surface area (Å²) in [7, 11) is 0. The Kier molecular flexibility index (Phi) is 7.09. The summed E-state index contributed by atoms with van der Waals surface area (Å²) >= 11 is 0. The molecule has 0 aliphatic heterocycles. The van der Waals surface area contributed by atoms with Gasteiger partial charge in [0.25, 0.3) is 0 Å². The molecule has 1 atom stereocenters. The third-order valence-electron chi connectivity index (χ3n) is 3.32. The monoisotopic (exact) mass is 279 g/mol. The van der Waals surface area contributed by atoms with Gasteiger partial charge in [-0.05, 0) is 51.3 Å². The molecule has 0 aliphatic rings. The molecule has 2 N–H and O–H groups in total. The number of hydrogen-bond acceptors (Lipinski definition) is 3. The number of hydrogen-bond donors (Lipinski definition) is 2. The summed E-state index contributed by atoms with van der Waals surface area (Å²) in [6.45, 7) is 5.13. The fraction of sp³-hybridized carbons (Fsp3) is 0.562. The van der Waals surface area contributed by atoms with Crippen molar-refractivity contribution in [2.45, 2.75) is 45.1 Å². The second kappa shape index (κ2) is 8.59. The van der Waals surface area contributed by atoms with Crippen molar-refractivity contribution in [1.29, 1.82) is 0 Å². The van der Waals surface area contributed by atoms with Gasteiger partial charge in [-0.25, -0.2) is 0 Å². The molecule has 0 aromatic heterocycles. The first-order valence-corrected chi connectivity index (χ1v) is 7.25. The fourth-order valence-corrected chi connectivity index (χ4v) is 1.96. The first kappa shape index (κ1) is 16.5. The fourth-order valence-electron chi connectivity index (χ4n) is 1.96. The number of nitrogens with one attached hydrogen (secondary N) is 1. The number of carbonyl (C=O) groups is 1. The lowest BCUT2D eigenvalue weighted by molar-refractivity contribution is -0.144. The second-order valence-corrected chi connectivity index (χ2v) is 5.18. The van der Waals surface area contributed by atoms with E-state index in [4.69, 9.17) is 4.74 Å². The molecule has 0 saturated carbocycles. The summed E-state index contributed by atoms with van der Waals surface area (Å²) < 4.78 is 5.59. The highest BCUT2D eigenvalue weighted by atomic mass is 16.5. The number of unbranched alkanes of at least 4 members (excludes halogenated alkanes) is 1. The van der Waals surface area contributed by atoms with Gasteiger partial charge in [0.05, 0.1) is 6.61 Å². The highest BCUT2D eigenvalue weighted by Gasteiger charge is 2.31. The van der Waals surface area contributed by atoms with Crippen molar-refractivity contribution >= 4 is 5.97 Å². The Morgan fingerprint density at radius 1 is 1.30 bits per heavy atom. The Morgan fingerprint density at radius 2 is 2.00 bits per heavy atom. The average molecular weight is 279 g/mol. The maximum atomic E-state index is 11.3. The van der Waals surface area contributed by atoms with Crippen LogP contribution in [-0.2, 0) is 4.79 Å². The van der Waals surface area contributed by atoms with E-state index in [2.05, 4.69) is 5.32 Å². The average Bonchev–Trinajstić information content (AvgIpc) is 2.45. The molecule has 0 aliphatic carbocycles. The van der Waals surface area contributed by atoms with Crippen LogP contribution in [0, 0.1) is 0 Å². The van der Waals surface area contributed by atoms with Crippen LogP contribution in [0.4, 0.5) is 0 Å². The van der Waals surface area contributed by atoms with Crippen LogP contribution in [0.3, 0.4) is 0 Å². The number of para-hydroxylation sites is 1. The summed E-state index contributed by atoms with van der Waals surface area (Å²) in [5, 5.41) is 12.4. The first-order valence-electron chi connectivity index (χ1n) is 7.25. The third-order valence-corrected chi connectivity index (χ3v) is 3.32. The minimum atomic E-state index is -0.831. The Labute approximate surface area is 121 Å². The molecule has 1 rings (SSSR count). The van der Waals surface area contributed by atoms with Crippen LogP contribution in [0.15, 0.2) is 30.3 Å². The van der Waals surface area contributed by atoms with Crippen molar-refractivity contribution in [3.63, 3.8) is 0 Å². The first-order chi connectivity index (χ1) is 9.58. The van der Waals surface area contributed by atoms with Gasteiger partial charge in [0.1, 0.15) is 11.3 Å². The van der Waals surface area contributed by atoms with E-state index in [0.717, 1.165) is 31.6 Å². The maximum absolute atomic E-state index is 11.3. The third kappa shape index (κ3) is 5.61. The zero-order valence-corrected chi connectivity index (χ0v) is 12.4. The zero-order chi connectivity index (χ0) is 14.8. The predicted molar refractivity (Wildman–Crippen MR) is 80.1 cm³/mol. The van der Waals surface area contributed by atoms with Crippen molar-refractivity contribution in [2.24, 2.45) is 0 Å². The number of aliphatic carboxylic acids is 1. The smallest absolute Gasteiger partial charge is 0.323 e. The highest BCUT2D eigenvalue weighted by molar-refractivity contribution is 5.78. The summed E-state index contributed by atoms with van der Waals surface area (Å²) in [5.74, 6) is 0.0764. The summed E-state index contributed by atoms with van der Waals surface area (Å²) in [5.41, 5.74) is -0.831.